The Balaban J connectivity index is 1.81. The summed E-state index contributed by atoms with van der Waals surface area (Å²) in [6.45, 7) is 1.87. The van der Waals surface area contributed by atoms with Gasteiger partial charge in [-0.3, -0.25) is 0 Å². The minimum absolute atomic E-state index is 0.167. The fourth-order valence-electron chi connectivity index (χ4n) is 2.22. The Morgan fingerprint density at radius 2 is 2.23 bits per heavy atom. The molecule has 0 radical (unpaired) electrons. The van der Waals surface area contributed by atoms with Crippen LogP contribution in [0.1, 0.15) is 24.8 Å². The van der Waals surface area contributed by atoms with Gasteiger partial charge in [-0.05, 0) is 44.0 Å². The Bertz CT molecular complexity index is 481. The van der Waals surface area contributed by atoms with Gasteiger partial charge in [0.1, 0.15) is 5.70 Å². The van der Waals surface area contributed by atoms with Gasteiger partial charge in [0, 0.05) is 25.0 Å². The molecule has 120 valence electrons. The van der Waals surface area contributed by atoms with Gasteiger partial charge in [0.25, 0.3) is 0 Å². The standard InChI is InChI=1S/C16H24N4O2/c1-18-10-13-5-7-14(8-6-13)19-11-15(20-17)12-22-16-4-2-3-9-21-16/h5-8,11,16-19H,2-4,9-10,12H2,1H3/b15-11-,20-17?. The maximum absolute atomic E-state index is 7.22. The lowest BCUT2D eigenvalue weighted by atomic mass is 10.2. The zero-order valence-corrected chi connectivity index (χ0v) is 13.0. The highest BCUT2D eigenvalue weighted by molar-refractivity contribution is 5.47. The minimum atomic E-state index is -0.167. The average molecular weight is 304 g/mol. The van der Waals surface area contributed by atoms with Crippen LogP contribution in [-0.2, 0) is 16.0 Å². The maximum Gasteiger partial charge on any atom is 0.158 e. The van der Waals surface area contributed by atoms with Crippen LogP contribution < -0.4 is 10.6 Å². The lowest BCUT2D eigenvalue weighted by Crippen LogP contribution is -2.23. The summed E-state index contributed by atoms with van der Waals surface area (Å²) >= 11 is 0. The van der Waals surface area contributed by atoms with Gasteiger partial charge in [-0.2, -0.15) is 5.11 Å². The van der Waals surface area contributed by atoms with E-state index in [0.717, 1.165) is 38.1 Å². The van der Waals surface area contributed by atoms with Crippen LogP contribution in [0.2, 0.25) is 0 Å². The van der Waals surface area contributed by atoms with Crippen LogP contribution in [0.3, 0.4) is 0 Å². The molecule has 1 unspecified atom stereocenters. The van der Waals surface area contributed by atoms with E-state index in [0.29, 0.717) is 5.70 Å². The Morgan fingerprint density at radius 1 is 1.41 bits per heavy atom. The molecule has 0 aliphatic carbocycles. The van der Waals surface area contributed by atoms with Crippen LogP contribution in [-0.4, -0.2) is 26.6 Å². The van der Waals surface area contributed by atoms with E-state index in [9.17, 15) is 0 Å². The minimum Gasteiger partial charge on any atom is -0.360 e. The molecule has 0 amide bonds. The van der Waals surface area contributed by atoms with Gasteiger partial charge in [-0.25, -0.2) is 5.53 Å². The molecule has 22 heavy (non-hydrogen) atoms. The van der Waals surface area contributed by atoms with Crippen molar-refractivity contribution in [3.63, 3.8) is 0 Å². The summed E-state index contributed by atoms with van der Waals surface area (Å²) in [5.41, 5.74) is 9.93. The highest BCUT2D eigenvalue weighted by Crippen LogP contribution is 2.15. The summed E-state index contributed by atoms with van der Waals surface area (Å²) < 4.78 is 11.1. The fraction of sp³-hybridized carbons (Fsp3) is 0.500. The molecule has 0 saturated carbocycles. The second-order valence-electron chi connectivity index (χ2n) is 5.23. The zero-order valence-electron chi connectivity index (χ0n) is 13.0. The first kappa shape index (κ1) is 16.6. The molecule has 1 heterocycles. The molecule has 0 bridgehead atoms. The summed E-state index contributed by atoms with van der Waals surface area (Å²) in [7, 11) is 1.92. The molecule has 6 nitrogen and oxygen atoms in total. The van der Waals surface area contributed by atoms with E-state index in [1.807, 2.05) is 19.2 Å². The number of hydrogen-bond acceptors (Lipinski definition) is 6. The van der Waals surface area contributed by atoms with Gasteiger partial charge >= 0.3 is 0 Å². The van der Waals surface area contributed by atoms with Crippen molar-refractivity contribution < 1.29 is 9.47 Å². The van der Waals surface area contributed by atoms with E-state index in [1.54, 1.807) is 6.20 Å². The van der Waals surface area contributed by atoms with Crippen molar-refractivity contribution in [2.75, 3.05) is 25.6 Å². The molecular formula is C16H24N4O2. The number of rotatable bonds is 8. The fourth-order valence-corrected chi connectivity index (χ4v) is 2.22. The second kappa shape index (κ2) is 9.30. The number of anilines is 1. The summed E-state index contributed by atoms with van der Waals surface area (Å²) in [5, 5.41) is 9.74. The van der Waals surface area contributed by atoms with Crippen molar-refractivity contribution >= 4 is 5.69 Å². The van der Waals surface area contributed by atoms with Gasteiger partial charge in [-0.1, -0.05) is 12.1 Å². The first-order valence-electron chi connectivity index (χ1n) is 7.61. The number of nitrogens with zero attached hydrogens (tertiary/aromatic N) is 1. The first-order valence-corrected chi connectivity index (χ1v) is 7.61. The van der Waals surface area contributed by atoms with Gasteiger partial charge in [0.2, 0.25) is 0 Å². The summed E-state index contributed by atoms with van der Waals surface area (Å²) in [6.07, 6.45) is 4.66. The number of nitrogens with one attached hydrogen (secondary N) is 3. The third-order valence-electron chi connectivity index (χ3n) is 3.44. The highest BCUT2D eigenvalue weighted by atomic mass is 16.7. The molecule has 1 aliphatic rings. The van der Waals surface area contributed by atoms with E-state index < -0.39 is 0 Å². The van der Waals surface area contributed by atoms with Crippen molar-refractivity contribution in [1.82, 2.24) is 5.32 Å². The first-order chi connectivity index (χ1) is 10.8. The summed E-state index contributed by atoms with van der Waals surface area (Å²) in [4.78, 5) is 0. The molecule has 1 aliphatic heterocycles. The van der Waals surface area contributed by atoms with Crippen LogP contribution in [0.5, 0.6) is 0 Å². The summed E-state index contributed by atoms with van der Waals surface area (Å²) in [6, 6.07) is 8.10. The van der Waals surface area contributed by atoms with Gasteiger partial charge in [0.05, 0.1) is 6.61 Å². The van der Waals surface area contributed by atoms with Crippen molar-refractivity contribution in [3.05, 3.63) is 41.7 Å². The molecular weight excluding hydrogens is 280 g/mol. The third-order valence-corrected chi connectivity index (χ3v) is 3.44. The van der Waals surface area contributed by atoms with Crippen molar-refractivity contribution in [2.24, 2.45) is 5.11 Å². The molecule has 1 aromatic carbocycles. The molecule has 1 aromatic rings. The molecule has 1 fully saturated rings. The van der Waals surface area contributed by atoms with Crippen LogP contribution in [0, 0.1) is 5.53 Å². The third kappa shape index (κ3) is 5.55. The number of hydrogen-bond donors (Lipinski definition) is 3. The van der Waals surface area contributed by atoms with E-state index >= 15 is 0 Å². The molecule has 3 N–H and O–H groups in total. The van der Waals surface area contributed by atoms with Crippen LogP contribution in [0.25, 0.3) is 0 Å². The molecule has 0 aromatic heterocycles. The van der Waals surface area contributed by atoms with Gasteiger partial charge in [0.15, 0.2) is 6.29 Å². The highest BCUT2D eigenvalue weighted by Gasteiger charge is 2.14. The van der Waals surface area contributed by atoms with Crippen molar-refractivity contribution in [2.45, 2.75) is 32.1 Å². The molecule has 2 rings (SSSR count). The van der Waals surface area contributed by atoms with Crippen LogP contribution >= 0.6 is 0 Å². The quantitative estimate of drug-likeness (QED) is 0.644. The predicted molar refractivity (Wildman–Crippen MR) is 85.6 cm³/mol. The van der Waals surface area contributed by atoms with E-state index in [4.69, 9.17) is 15.0 Å². The van der Waals surface area contributed by atoms with Gasteiger partial charge < -0.3 is 20.1 Å². The zero-order chi connectivity index (χ0) is 15.6. The van der Waals surface area contributed by atoms with Crippen LogP contribution in [0.15, 0.2) is 41.3 Å². The van der Waals surface area contributed by atoms with E-state index in [2.05, 4.69) is 27.9 Å². The largest absolute Gasteiger partial charge is 0.360 e. The molecule has 1 atom stereocenters. The van der Waals surface area contributed by atoms with E-state index in [-0.39, 0.29) is 12.9 Å². The summed E-state index contributed by atoms with van der Waals surface area (Å²) in [5.74, 6) is 0. The van der Waals surface area contributed by atoms with Crippen molar-refractivity contribution in [1.29, 1.82) is 5.53 Å². The molecule has 0 spiro atoms. The SMILES string of the molecule is CNCc1ccc(N/C=C(/COC2CCCCO2)N=N)cc1. The topological polar surface area (TPSA) is 78.7 Å². The molecule has 6 heteroatoms. The second-order valence-corrected chi connectivity index (χ2v) is 5.23. The number of benzene rings is 1. The van der Waals surface area contributed by atoms with E-state index in [1.165, 1.54) is 5.56 Å². The molecule has 1 saturated heterocycles. The smallest absolute Gasteiger partial charge is 0.158 e. The van der Waals surface area contributed by atoms with Gasteiger partial charge in [-0.15, -0.1) is 0 Å². The number of ether oxygens (including phenoxy) is 2. The Morgan fingerprint density at radius 3 is 2.86 bits per heavy atom. The maximum atomic E-state index is 7.22. The van der Waals surface area contributed by atoms with Crippen LogP contribution in [0.4, 0.5) is 5.69 Å². The lowest BCUT2D eigenvalue weighted by Gasteiger charge is -2.22. The van der Waals surface area contributed by atoms with Crippen molar-refractivity contribution in [3.8, 4) is 0 Å². The average Bonchev–Trinajstić information content (AvgIpc) is 2.57. The lowest BCUT2D eigenvalue weighted by molar-refractivity contribution is -0.157. The predicted octanol–water partition coefficient (Wildman–Crippen LogP) is 3.23. The Labute approximate surface area is 131 Å². The normalized spacial score (nSPS) is 19.0. The Hall–Kier alpha value is -1.76. The monoisotopic (exact) mass is 304 g/mol. The Kier molecular flexibility index (Phi) is 7.02.